The zero-order valence-corrected chi connectivity index (χ0v) is 16.0. The first kappa shape index (κ1) is 19.6. The highest BCUT2D eigenvalue weighted by Crippen LogP contribution is 2.37. The minimum absolute atomic E-state index is 0.111. The summed E-state index contributed by atoms with van der Waals surface area (Å²) in [6.45, 7) is 0. The lowest BCUT2D eigenvalue weighted by Crippen LogP contribution is -2.35. The molecular weight excluding hydrogens is 400 g/mol. The highest BCUT2D eigenvalue weighted by atomic mass is 16.6. The van der Waals surface area contributed by atoms with Crippen LogP contribution in [0, 0.1) is 20.2 Å². The first-order chi connectivity index (χ1) is 14.9. The summed E-state index contributed by atoms with van der Waals surface area (Å²) < 4.78 is 1.59. The summed E-state index contributed by atoms with van der Waals surface area (Å²) in [5.74, 6) is -0.741. The van der Waals surface area contributed by atoms with E-state index in [4.69, 9.17) is 5.73 Å². The van der Waals surface area contributed by atoms with Crippen LogP contribution >= 0.6 is 0 Å². The Labute approximate surface area is 175 Å². The number of non-ortho nitro benzene ring substituents is 2. The standard InChI is InChI=1S/C22H14N4O5/c23-22(27)21-20(15-6-4-9-18(12-15)26(30)31)19(13-16-7-1-2-10-24(16)21)14-5-3-8-17(11-14)25(28)29/h1-13H,(H-,23,27)/p+1. The SMILES string of the molecule is NC(=O)c1c(-c2cccc([N+](=O)[O-])c2)c(-c2cccc([N+](=O)[O-])c2)cc2cccc[n+]12. The van der Waals surface area contributed by atoms with Gasteiger partial charge in [-0.3, -0.25) is 25.0 Å². The van der Waals surface area contributed by atoms with Crippen LogP contribution in [0.4, 0.5) is 11.4 Å². The van der Waals surface area contributed by atoms with Crippen LogP contribution < -0.4 is 10.1 Å². The zero-order chi connectivity index (χ0) is 22.1. The average molecular weight is 415 g/mol. The Morgan fingerprint density at radius 1 is 0.806 bits per heavy atom. The molecule has 9 heteroatoms. The Morgan fingerprint density at radius 2 is 1.42 bits per heavy atom. The lowest BCUT2D eigenvalue weighted by molar-refractivity contribution is -0.514. The summed E-state index contributed by atoms with van der Waals surface area (Å²) in [6, 6.07) is 18.8. The molecule has 2 aromatic heterocycles. The molecule has 2 aromatic carbocycles. The number of carbonyl (C=O) groups excluding carboxylic acids is 1. The monoisotopic (exact) mass is 415 g/mol. The lowest BCUT2D eigenvalue weighted by Gasteiger charge is -2.12. The molecular formula is C22H15N4O5+. The van der Waals surface area contributed by atoms with Crippen LogP contribution in [0.5, 0.6) is 0 Å². The van der Waals surface area contributed by atoms with E-state index >= 15 is 0 Å². The van der Waals surface area contributed by atoms with E-state index in [1.807, 2.05) is 0 Å². The number of nitro benzene ring substituents is 2. The Hall–Kier alpha value is -4.66. The van der Waals surface area contributed by atoms with E-state index in [9.17, 15) is 25.0 Å². The predicted octanol–water partition coefficient (Wildman–Crippen LogP) is 3.67. The Bertz CT molecular complexity index is 1380. The molecule has 9 nitrogen and oxygen atoms in total. The molecule has 4 aromatic rings. The van der Waals surface area contributed by atoms with Crippen LogP contribution in [-0.2, 0) is 0 Å². The predicted molar refractivity (Wildman–Crippen MR) is 112 cm³/mol. The maximum Gasteiger partial charge on any atom is 0.314 e. The molecule has 31 heavy (non-hydrogen) atoms. The molecule has 0 aliphatic heterocycles. The molecule has 4 rings (SSSR count). The molecule has 0 spiro atoms. The molecule has 0 aliphatic carbocycles. The summed E-state index contributed by atoms with van der Waals surface area (Å²) >= 11 is 0. The van der Waals surface area contributed by atoms with Gasteiger partial charge in [-0.15, -0.1) is 0 Å². The van der Waals surface area contributed by atoms with Gasteiger partial charge in [-0.05, 0) is 17.2 Å². The molecule has 0 aliphatic rings. The van der Waals surface area contributed by atoms with Gasteiger partial charge < -0.3 is 5.73 Å². The molecule has 0 radical (unpaired) electrons. The van der Waals surface area contributed by atoms with Crippen molar-refractivity contribution < 1.29 is 19.0 Å². The second-order valence-corrected chi connectivity index (χ2v) is 6.76. The van der Waals surface area contributed by atoms with Crippen LogP contribution in [0.3, 0.4) is 0 Å². The fraction of sp³-hybridized carbons (Fsp3) is 0. The van der Waals surface area contributed by atoms with Gasteiger partial charge in [-0.2, -0.15) is 4.40 Å². The van der Waals surface area contributed by atoms with Gasteiger partial charge in [0.05, 0.1) is 15.4 Å². The molecule has 0 saturated carbocycles. The molecule has 0 atom stereocenters. The van der Waals surface area contributed by atoms with Gasteiger partial charge >= 0.3 is 5.91 Å². The van der Waals surface area contributed by atoms with Crippen molar-refractivity contribution >= 4 is 22.8 Å². The topological polar surface area (TPSA) is 133 Å². The summed E-state index contributed by atoms with van der Waals surface area (Å²) in [6.07, 6.45) is 1.66. The Balaban J connectivity index is 2.15. The molecule has 0 saturated heterocycles. The van der Waals surface area contributed by atoms with E-state index in [2.05, 4.69) is 0 Å². The van der Waals surface area contributed by atoms with Crippen LogP contribution in [0.2, 0.25) is 0 Å². The van der Waals surface area contributed by atoms with E-state index in [-0.39, 0.29) is 17.1 Å². The summed E-state index contributed by atoms with van der Waals surface area (Å²) in [4.78, 5) is 34.1. The fourth-order valence-corrected chi connectivity index (χ4v) is 3.57. The number of benzene rings is 2. The van der Waals surface area contributed by atoms with Gasteiger partial charge in [0, 0.05) is 48.0 Å². The van der Waals surface area contributed by atoms with Gasteiger partial charge in [-0.25, -0.2) is 0 Å². The lowest BCUT2D eigenvalue weighted by atomic mass is 9.92. The molecule has 2 heterocycles. The maximum atomic E-state index is 12.5. The smallest absolute Gasteiger partial charge is 0.314 e. The number of nitrogens with two attached hydrogens (primary N) is 1. The second kappa shape index (κ2) is 7.64. The largest absolute Gasteiger partial charge is 0.360 e. The van der Waals surface area contributed by atoms with E-state index in [1.54, 1.807) is 47.0 Å². The van der Waals surface area contributed by atoms with Gasteiger partial charge in [0.25, 0.3) is 17.1 Å². The van der Waals surface area contributed by atoms with E-state index in [1.165, 1.54) is 36.4 Å². The maximum absolute atomic E-state index is 12.5. The molecule has 0 bridgehead atoms. The van der Waals surface area contributed by atoms with Crippen molar-refractivity contribution in [2.45, 2.75) is 0 Å². The third kappa shape index (κ3) is 3.55. The van der Waals surface area contributed by atoms with Crippen molar-refractivity contribution in [2.24, 2.45) is 5.73 Å². The molecule has 0 unspecified atom stereocenters. The molecule has 1 amide bonds. The molecule has 152 valence electrons. The van der Waals surface area contributed by atoms with Gasteiger partial charge in [0.15, 0.2) is 6.20 Å². The van der Waals surface area contributed by atoms with Crippen molar-refractivity contribution in [3.05, 3.63) is 105 Å². The number of pyridine rings is 2. The van der Waals surface area contributed by atoms with Crippen molar-refractivity contribution in [1.29, 1.82) is 0 Å². The number of carbonyl (C=O) groups is 1. The number of nitro groups is 2. The van der Waals surface area contributed by atoms with E-state index < -0.39 is 15.8 Å². The summed E-state index contributed by atoms with van der Waals surface area (Å²) in [7, 11) is 0. The van der Waals surface area contributed by atoms with Crippen LogP contribution in [-0.4, -0.2) is 15.8 Å². The third-order valence-electron chi connectivity index (χ3n) is 4.88. The Kier molecular flexibility index (Phi) is 4.84. The summed E-state index contributed by atoms with van der Waals surface area (Å²) in [5, 5.41) is 22.6. The Morgan fingerprint density at radius 3 is 2.03 bits per heavy atom. The number of primary amides is 1. The fourth-order valence-electron chi connectivity index (χ4n) is 3.57. The third-order valence-corrected chi connectivity index (χ3v) is 4.88. The van der Waals surface area contributed by atoms with Crippen molar-refractivity contribution in [2.75, 3.05) is 0 Å². The van der Waals surface area contributed by atoms with E-state index in [0.29, 0.717) is 27.8 Å². The zero-order valence-electron chi connectivity index (χ0n) is 16.0. The highest BCUT2D eigenvalue weighted by Gasteiger charge is 2.28. The number of aromatic nitrogens is 1. The van der Waals surface area contributed by atoms with Gasteiger partial charge in [-0.1, -0.05) is 24.3 Å². The number of rotatable bonds is 5. The van der Waals surface area contributed by atoms with Crippen LogP contribution in [0.15, 0.2) is 79.0 Å². The van der Waals surface area contributed by atoms with E-state index in [0.717, 1.165) is 0 Å². The van der Waals surface area contributed by atoms with Crippen LogP contribution in [0.1, 0.15) is 10.5 Å². The van der Waals surface area contributed by atoms with Gasteiger partial charge in [0.1, 0.15) is 0 Å². The number of hydrogen-bond acceptors (Lipinski definition) is 5. The first-order valence-electron chi connectivity index (χ1n) is 9.13. The second-order valence-electron chi connectivity index (χ2n) is 6.76. The van der Waals surface area contributed by atoms with Crippen molar-refractivity contribution in [3.63, 3.8) is 0 Å². The summed E-state index contributed by atoms with van der Waals surface area (Å²) in [5.41, 5.74) is 7.91. The molecule has 0 fully saturated rings. The molecule has 2 N–H and O–H groups in total. The van der Waals surface area contributed by atoms with Crippen molar-refractivity contribution in [3.8, 4) is 22.3 Å². The number of amides is 1. The quantitative estimate of drug-likeness (QED) is 0.301. The minimum atomic E-state index is -0.741. The highest BCUT2D eigenvalue weighted by molar-refractivity contribution is 6.02. The minimum Gasteiger partial charge on any atom is -0.360 e. The number of hydrogen-bond donors (Lipinski definition) is 1. The average Bonchev–Trinajstić information content (AvgIpc) is 2.77. The van der Waals surface area contributed by atoms with Crippen LogP contribution in [0.25, 0.3) is 27.8 Å². The van der Waals surface area contributed by atoms with Gasteiger partial charge in [0.2, 0.25) is 5.52 Å². The van der Waals surface area contributed by atoms with Crippen molar-refractivity contribution in [1.82, 2.24) is 0 Å². The number of nitrogens with zero attached hydrogens (tertiary/aromatic N) is 3. The first-order valence-corrected chi connectivity index (χ1v) is 9.13. The number of fused-ring (bicyclic) bond motifs is 1. The normalized spacial score (nSPS) is 10.7.